The van der Waals surface area contributed by atoms with Crippen molar-refractivity contribution in [2.75, 3.05) is 5.32 Å². The molecule has 2 aromatic rings. The lowest BCUT2D eigenvalue weighted by molar-refractivity contribution is 0.592. The highest BCUT2D eigenvalue weighted by molar-refractivity contribution is 7.10. The summed E-state index contributed by atoms with van der Waals surface area (Å²) in [6, 6.07) is 10.4. The van der Waals surface area contributed by atoms with E-state index in [1.807, 2.05) is 30.5 Å². The zero-order chi connectivity index (χ0) is 15.5. The van der Waals surface area contributed by atoms with Crippen LogP contribution >= 0.6 is 11.3 Å². The van der Waals surface area contributed by atoms with Crippen LogP contribution in [0.25, 0.3) is 5.57 Å². The average molecular weight is 297 g/mol. The molecule has 0 aliphatic carbocycles. The van der Waals surface area contributed by atoms with Gasteiger partial charge in [-0.15, -0.1) is 11.3 Å². The third-order valence-corrected chi connectivity index (χ3v) is 4.07. The van der Waals surface area contributed by atoms with Gasteiger partial charge in [-0.25, -0.2) is 4.98 Å². The molecule has 0 radical (unpaired) electrons. The first-order chi connectivity index (χ1) is 9.91. The summed E-state index contributed by atoms with van der Waals surface area (Å²) >= 11 is 1.49. The first-order valence-electron chi connectivity index (χ1n) is 6.80. The smallest absolute Gasteiger partial charge is 0.135 e. The Morgan fingerprint density at radius 2 is 2.05 bits per heavy atom. The van der Waals surface area contributed by atoms with Crippen LogP contribution in [0.2, 0.25) is 0 Å². The minimum Gasteiger partial charge on any atom is -0.360 e. The second-order valence-electron chi connectivity index (χ2n) is 5.90. The number of thiazole rings is 1. The summed E-state index contributed by atoms with van der Waals surface area (Å²) in [5.41, 5.74) is 3.77. The highest BCUT2D eigenvalue weighted by Gasteiger charge is 2.17. The molecule has 0 aliphatic rings. The largest absolute Gasteiger partial charge is 0.360 e. The number of allylic oxidation sites excluding steroid dienone is 1. The maximum atomic E-state index is 9.30. The molecular weight excluding hydrogens is 278 g/mol. The molecule has 1 aromatic heterocycles. The first kappa shape index (κ1) is 15.3. The first-order valence-corrected chi connectivity index (χ1v) is 7.68. The Kier molecular flexibility index (Phi) is 4.44. The van der Waals surface area contributed by atoms with Crippen molar-refractivity contribution in [3.05, 3.63) is 52.1 Å². The second kappa shape index (κ2) is 6.11. The number of aromatic nitrogens is 1. The van der Waals surface area contributed by atoms with Crippen LogP contribution in [0.5, 0.6) is 0 Å². The standard InChI is InChI=1S/C17H19N3S/c1-12-11-21-16(20-12)13(9-18)10-19-15-8-6-5-7-14(15)17(2,3)4/h5-8,10-11,19H,1-4H3/b13-10+. The van der Waals surface area contributed by atoms with Gasteiger partial charge in [-0.2, -0.15) is 5.26 Å². The van der Waals surface area contributed by atoms with Crippen molar-refractivity contribution in [2.24, 2.45) is 0 Å². The number of para-hydroxylation sites is 1. The lowest BCUT2D eigenvalue weighted by Crippen LogP contribution is -2.13. The van der Waals surface area contributed by atoms with Crippen molar-refractivity contribution >= 4 is 22.6 Å². The van der Waals surface area contributed by atoms with E-state index < -0.39 is 0 Å². The van der Waals surface area contributed by atoms with Gasteiger partial charge in [-0.3, -0.25) is 0 Å². The summed E-state index contributed by atoms with van der Waals surface area (Å²) in [5, 5.41) is 15.3. The third-order valence-electron chi connectivity index (χ3n) is 3.08. The Labute approximate surface area is 130 Å². The quantitative estimate of drug-likeness (QED) is 0.833. The molecule has 3 nitrogen and oxygen atoms in total. The summed E-state index contributed by atoms with van der Waals surface area (Å²) in [7, 11) is 0. The highest BCUT2D eigenvalue weighted by Crippen LogP contribution is 2.29. The molecule has 0 amide bonds. The molecular formula is C17H19N3S. The molecule has 0 saturated carbocycles. The van der Waals surface area contributed by atoms with Gasteiger partial charge in [0, 0.05) is 23.0 Å². The maximum Gasteiger partial charge on any atom is 0.135 e. The Bertz CT molecular complexity index is 699. The van der Waals surface area contributed by atoms with Crippen LogP contribution in [0.1, 0.15) is 37.0 Å². The number of nitrogens with one attached hydrogen (secondary N) is 1. The summed E-state index contributed by atoms with van der Waals surface area (Å²) in [4.78, 5) is 4.35. The van der Waals surface area contributed by atoms with Gasteiger partial charge < -0.3 is 5.32 Å². The highest BCUT2D eigenvalue weighted by atomic mass is 32.1. The summed E-state index contributed by atoms with van der Waals surface area (Å²) in [5.74, 6) is 0. The van der Waals surface area contributed by atoms with Gasteiger partial charge in [0.25, 0.3) is 0 Å². The van der Waals surface area contributed by atoms with Crippen molar-refractivity contribution in [3.63, 3.8) is 0 Å². The van der Waals surface area contributed by atoms with E-state index in [4.69, 9.17) is 0 Å². The molecule has 0 unspecified atom stereocenters. The number of hydrogen-bond donors (Lipinski definition) is 1. The number of nitrogens with zero attached hydrogens (tertiary/aromatic N) is 2. The maximum absolute atomic E-state index is 9.30. The van der Waals surface area contributed by atoms with E-state index in [1.165, 1.54) is 16.9 Å². The van der Waals surface area contributed by atoms with Gasteiger partial charge in [0.05, 0.1) is 0 Å². The minimum absolute atomic E-state index is 0.0437. The van der Waals surface area contributed by atoms with E-state index in [2.05, 4.69) is 43.2 Å². The van der Waals surface area contributed by atoms with Crippen molar-refractivity contribution in [1.29, 1.82) is 5.26 Å². The normalized spacial score (nSPS) is 12.0. The Balaban J connectivity index is 2.30. The monoisotopic (exact) mass is 297 g/mol. The molecule has 108 valence electrons. The second-order valence-corrected chi connectivity index (χ2v) is 6.76. The zero-order valence-electron chi connectivity index (χ0n) is 12.8. The molecule has 2 rings (SSSR count). The van der Waals surface area contributed by atoms with Crippen LogP contribution in [-0.2, 0) is 5.41 Å². The van der Waals surface area contributed by atoms with Crippen molar-refractivity contribution < 1.29 is 0 Å². The van der Waals surface area contributed by atoms with E-state index in [1.54, 1.807) is 6.20 Å². The lowest BCUT2D eigenvalue weighted by atomic mass is 9.86. The van der Waals surface area contributed by atoms with E-state index >= 15 is 0 Å². The lowest BCUT2D eigenvalue weighted by Gasteiger charge is -2.22. The predicted octanol–water partition coefficient (Wildman–Crippen LogP) is 4.73. The number of benzene rings is 1. The fourth-order valence-corrected chi connectivity index (χ4v) is 2.80. The van der Waals surface area contributed by atoms with Crippen LogP contribution in [-0.4, -0.2) is 4.98 Å². The number of anilines is 1. The Morgan fingerprint density at radius 1 is 1.33 bits per heavy atom. The summed E-state index contributed by atoms with van der Waals surface area (Å²) < 4.78 is 0. The van der Waals surface area contributed by atoms with Crippen LogP contribution in [0.4, 0.5) is 5.69 Å². The van der Waals surface area contributed by atoms with Gasteiger partial charge in [-0.1, -0.05) is 39.0 Å². The molecule has 0 spiro atoms. The topological polar surface area (TPSA) is 48.7 Å². The molecule has 1 heterocycles. The van der Waals surface area contributed by atoms with Gasteiger partial charge in [0.1, 0.15) is 16.6 Å². The molecule has 0 saturated heterocycles. The van der Waals surface area contributed by atoms with E-state index in [-0.39, 0.29) is 5.41 Å². The molecule has 21 heavy (non-hydrogen) atoms. The molecule has 1 aromatic carbocycles. The van der Waals surface area contributed by atoms with Crippen LogP contribution in [0.15, 0.2) is 35.8 Å². The summed E-state index contributed by atoms with van der Waals surface area (Å²) in [6.07, 6.45) is 1.74. The fraction of sp³-hybridized carbons (Fsp3) is 0.294. The fourth-order valence-electron chi connectivity index (χ4n) is 2.03. The van der Waals surface area contributed by atoms with Crippen LogP contribution in [0.3, 0.4) is 0 Å². The molecule has 0 bridgehead atoms. The van der Waals surface area contributed by atoms with E-state index in [0.29, 0.717) is 5.57 Å². The number of nitriles is 1. The van der Waals surface area contributed by atoms with E-state index in [0.717, 1.165) is 16.4 Å². The van der Waals surface area contributed by atoms with Gasteiger partial charge in [0.2, 0.25) is 0 Å². The summed E-state index contributed by atoms with van der Waals surface area (Å²) in [6.45, 7) is 8.45. The SMILES string of the molecule is Cc1csc(/C(C#N)=C/Nc2ccccc2C(C)(C)C)n1. The minimum atomic E-state index is 0.0437. The van der Waals surface area contributed by atoms with Crippen LogP contribution < -0.4 is 5.32 Å². The molecule has 0 fully saturated rings. The van der Waals surface area contributed by atoms with Crippen LogP contribution in [0, 0.1) is 18.3 Å². The average Bonchev–Trinajstić information content (AvgIpc) is 2.85. The molecule has 0 atom stereocenters. The zero-order valence-corrected chi connectivity index (χ0v) is 13.6. The van der Waals surface area contributed by atoms with Gasteiger partial charge in [0.15, 0.2) is 0 Å². The van der Waals surface area contributed by atoms with Crippen molar-refractivity contribution in [2.45, 2.75) is 33.1 Å². The number of hydrogen-bond acceptors (Lipinski definition) is 4. The van der Waals surface area contributed by atoms with Gasteiger partial charge >= 0.3 is 0 Å². The third kappa shape index (κ3) is 3.71. The van der Waals surface area contributed by atoms with E-state index in [9.17, 15) is 5.26 Å². The molecule has 4 heteroatoms. The number of rotatable bonds is 3. The Morgan fingerprint density at radius 3 is 2.62 bits per heavy atom. The predicted molar refractivity (Wildman–Crippen MR) is 89.2 cm³/mol. The van der Waals surface area contributed by atoms with Crippen molar-refractivity contribution in [3.8, 4) is 6.07 Å². The molecule has 0 aliphatic heterocycles. The Hall–Kier alpha value is -2.12. The number of aryl methyl sites for hydroxylation is 1. The van der Waals surface area contributed by atoms with Crippen molar-refractivity contribution in [1.82, 2.24) is 4.98 Å². The molecule has 1 N–H and O–H groups in total. The van der Waals surface area contributed by atoms with Gasteiger partial charge in [-0.05, 0) is 24.0 Å².